The van der Waals surface area contributed by atoms with Crippen LogP contribution in [0.25, 0.3) is 5.69 Å². The Morgan fingerprint density at radius 1 is 1.09 bits per heavy atom. The second-order valence-corrected chi connectivity index (χ2v) is 10.5. The molecule has 2 aliphatic rings. The summed E-state index contributed by atoms with van der Waals surface area (Å²) in [7, 11) is 0. The number of nitrogens with zero attached hydrogens (tertiary/aromatic N) is 4. The summed E-state index contributed by atoms with van der Waals surface area (Å²) >= 11 is 1.53. The zero-order valence-corrected chi connectivity index (χ0v) is 20.6. The second-order valence-electron chi connectivity index (χ2n) is 9.51. The lowest BCUT2D eigenvalue weighted by Gasteiger charge is -2.39. The highest BCUT2D eigenvalue weighted by molar-refractivity contribution is 7.99. The molecule has 0 N–H and O–H groups in total. The van der Waals surface area contributed by atoms with E-state index in [2.05, 4.69) is 60.3 Å². The normalized spacial score (nSPS) is 22.9. The average Bonchev–Trinajstić information content (AvgIpc) is 3.20. The van der Waals surface area contributed by atoms with Gasteiger partial charge in [0.1, 0.15) is 0 Å². The number of aryl methyl sites for hydroxylation is 2. The zero-order valence-electron chi connectivity index (χ0n) is 19.8. The number of imidazole rings is 1. The van der Waals surface area contributed by atoms with Gasteiger partial charge in [0.05, 0.1) is 18.0 Å². The molecule has 2 aromatic rings. The van der Waals surface area contributed by atoms with E-state index in [9.17, 15) is 4.79 Å². The minimum atomic E-state index is 0.219. The number of likely N-dealkylation sites (tertiary alicyclic amines) is 1. The molecule has 1 aromatic heterocycles. The maximum absolute atomic E-state index is 12.9. The number of carbonyl (C=O) groups is 1. The van der Waals surface area contributed by atoms with E-state index < -0.39 is 0 Å². The van der Waals surface area contributed by atoms with Gasteiger partial charge in [0.25, 0.3) is 0 Å². The standard InChI is InChI=1S/C25H36N4O2S/c1-18-11-19(2)13-23(12-18)29-10-7-26-25(29)32-17-24(30)28-8-5-22(6-9-28)16-27-14-20(3)31-21(4)15-27/h7,10-13,20-22H,5-6,8-9,14-17H2,1-4H3. The van der Waals surface area contributed by atoms with Gasteiger partial charge in [0.15, 0.2) is 5.16 Å². The molecule has 2 aliphatic heterocycles. The predicted molar refractivity (Wildman–Crippen MR) is 130 cm³/mol. The summed E-state index contributed by atoms with van der Waals surface area (Å²) < 4.78 is 7.93. The molecule has 0 aliphatic carbocycles. The van der Waals surface area contributed by atoms with Crippen molar-refractivity contribution in [2.75, 3.05) is 38.5 Å². The summed E-state index contributed by atoms with van der Waals surface area (Å²) in [5, 5.41) is 0.869. The number of carbonyl (C=O) groups excluding carboxylic acids is 1. The van der Waals surface area contributed by atoms with Gasteiger partial charge in [-0.05, 0) is 69.7 Å². The smallest absolute Gasteiger partial charge is 0.233 e. The van der Waals surface area contributed by atoms with Crippen LogP contribution in [0.2, 0.25) is 0 Å². The molecule has 32 heavy (non-hydrogen) atoms. The molecule has 2 unspecified atom stereocenters. The lowest BCUT2D eigenvalue weighted by atomic mass is 9.95. The fourth-order valence-electron chi connectivity index (χ4n) is 5.06. The molecule has 0 radical (unpaired) electrons. The van der Waals surface area contributed by atoms with Crippen molar-refractivity contribution in [2.24, 2.45) is 5.92 Å². The Labute approximate surface area is 196 Å². The highest BCUT2D eigenvalue weighted by atomic mass is 32.2. The van der Waals surface area contributed by atoms with Gasteiger partial charge in [0, 0.05) is 50.8 Å². The first-order chi connectivity index (χ1) is 15.4. The Morgan fingerprint density at radius 3 is 2.41 bits per heavy atom. The molecule has 0 bridgehead atoms. The number of aromatic nitrogens is 2. The molecule has 0 saturated carbocycles. The number of morpholine rings is 1. The van der Waals surface area contributed by atoms with Crippen LogP contribution in [0.1, 0.15) is 37.8 Å². The molecule has 6 nitrogen and oxygen atoms in total. The molecule has 2 saturated heterocycles. The average molecular weight is 457 g/mol. The van der Waals surface area contributed by atoms with E-state index in [4.69, 9.17) is 4.74 Å². The first-order valence-corrected chi connectivity index (χ1v) is 12.8. The Hall–Kier alpha value is -1.83. The Balaban J connectivity index is 1.26. The summed E-state index contributed by atoms with van der Waals surface area (Å²) in [6, 6.07) is 6.48. The number of thioether (sulfide) groups is 1. The van der Waals surface area contributed by atoms with Crippen LogP contribution < -0.4 is 0 Å². The van der Waals surface area contributed by atoms with E-state index in [1.54, 1.807) is 0 Å². The molecule has 3 heterocycles. The highest BCUT2D eigenvalue weighted by Gasteiger charge is 2.28. The van der Waals surface area contributed by atoms with Crippen molar-refractivity contribution in [3.8, 4) is 5.69 Å². The monoisotopic (exact) mass is 456 g/mol. The van der Waals surface area contributed by atoms with E-state index in [0.29, 0.717) is 23.9 Å². The predicted octanol–water partition coefficient (Wildman–Crippen LogP) is 3.93. The molecule has 174 valence electrons. The quantitative estimate of drug-likeness (QED) is 0.617. The molecule has 7 heteroatoms. The van der Waals surface area contributed by atoms with Crippen molar-refractivity contribution in [1.82, 2.24) is 19.4 Å². The molecular formula is C25H36N4O2S. The topological polar surface area (TPSA) is 50.6 Å². The summed E-state index contributed by atoms with van der Waals surface area (Å²) in [5.74, 6) is 1.33. The first-order valence-electron chi connectivity index (χ1n) is 11.8. The van der Waals surface area contributed by atoms with E-state index >= 15 is 0 Å². The van der Waals surface area contributed by atoms with Crippen LogP contribution in [-0.2, 0) is 9.53 Å². The molecule has 1 aromatic carbocycles. The summed E-state index contributed by atoms with van der Waals surface area (Å²) in [6.45, 7) is 13.4. The van der Waals surface area contributed by atoms with Crippen molar-refractivity contribution in [1.29, 1.82) is 0 Å². The number of piperidine rings is 1. The molecule has 2 atom stereocenters. The Morgan fingerprint density at radius 2 is 1.75 bits per heavy atom. The fraction of sp³-hybridized carbons (Fsp3) is 0.600. The molecule has 1 amide bonds. The van der Waals surface area contributed by atoms with Gasteiger partial charge < -0.3 is 9.64 Å². The lowest BCUT2D eigenvalue weighted by molar-refractivity contribution is -0.130. The molecule has 2 fully saturated rings. The number of benzene rings is 1. The third-order valence-electron chi connectivity index (χ3n) is 6.40. The zero-order chi connectivity index (χ0) is 22.7. The van der Waals surface area contributed by atoms with Crippen molar-refractivity contribution in [2.45, 2.75) is 57.9 Å². The van der Waals surface area contributed by atoms with Crippen LogP contribution >= 0.6 is 11.8 Å². The Bertz CT molecular complexity index is 892. The number of hydrogen-bond acceptors (Lipinski definition) is 5. The van der Waals surface area contributed by atoms with Gasteiger partial charge in [-0.1, -0.05) is 17.8 Å². The van der Waals surface area contributed by atoms with E-state index in [0.717, 1.165) is 56.4 Å². The molecule has 0 spiro atoms. The minimum Gasteiger partial charge on any atom is -0.373 e. The minimum absolute atomic E-state index is 0.219. The number of amides is 1. The van der Waals surface area contributed by atoms with E-state index in [1.165, 1.54) is 22.9 Å². The van der Waals surface area contributed by atoms with Gasteiger partial charge in [-0.15, -0.1) is 0 Å². The number of ether oxygens (including phenoxy) is 1. The first kappa shape index (κ1) is 23.3. The van der Waals surface area contributed by atoms with Crippen molar-refractivity contribution < 1.29 is 9.53 Å². The van der Waals surface area contributed by atoms with Crippen LogP contribution in [0.4, 0.5) is 0 Å². The van der Waals surface area contributed by atoms with Crippen molar-refractivity contribution >= 4 is 17.7 Å². The van der Waals surface area contributed by atoms with Crippen LogP contribution in [0.5, 0.6) is 0 Å². The maximum Gasteiger partial charge on any atom is 0.233 e. The van der Waals surface area contributed by atoms with Crippen LogP contribution in [0.3, 0.4) is 0 Å². The van der Waals surface area contributed by atoms with Gasteiger partial charge in [0.2, 0.25) is 5.91 Å². The maximum atomic E-state index is 12.9. The van der Waals surface area contributed by atoms with Crippen LogP contribution in [-0.4, -0.2) is 75.9 Å². The molecule has 4 rings (SSSR count). The lowest BCUT2D eigenvalue weighted by Crippen LogP contribution is -2.48. The Kier molecular flexibility index (Phi) is 7.59. The van der Waals surface area contributed by atoms with Gasteiger partial charge >= 0.3 is 0 Å². The summed E-state index contributed by atoms with van der Waals surface area (Å²) in [5.41, 5.74) is 3.55. The largest absolute Gasteiger partial charge is 0.373 e. The third kappa shape index (κ3) is 5.94. The van der Waals surface area contributed by atoms with Crippen LogP contribution in [0.15, 0.2) is 35.7 Å². The SMILES string of the molecule is Cc1cc(C)cc(-n2ccnc2SCC(=O)N2CCC(CN3CC(C)OC(C)C3)CC2)c1. The van der Waals surface area contributed by atoms with Crippen molar-refractivity contribution in [3.05, 3.63) is 41.7 Å². The van der Waals surface area contributed by atoms with Crippen molar-refractivity contribution in [3.63, 3.8) is 0 Å². The fourth-order valence-corrected chi connectivity index (χ4v) is 5.94. The summed E-state index contributed by atoms with van der Waals surface area (Å²) in [6.07, 6.45) is 6.59. The molecular weight excluding hydrogens is 420 g/mol. The van der Waals surface area contributed by atoms with E-state index in [1.807, 2.05) is 17.3 Å². The second kappa shape index (κ2) is 10.4. The summed E-state index contributed by atoms with van der Waals surface area (Å²) in [4.78, 5) is 22.0. The van der Waals surface area contributed by atoms with Gasteiger partial charge in [-0.25, -0.2) is 4.98 Å². The van der Waals surface area contributed by atoms with Gasteiger partial charge in [-0.2, -0.15) is 0 Å². The van der Waals surface area contributed by atoms with Gasteiger partial charge in [-0.3, -0.25) is 14.3 Å². The number of rotatable bonds is 6. The third-order valence-corrected chi connectivity index (χ3v) is 7.35. The number of hydrogen-bond donors (Lipinski definition) is 0. The highest BCUT2D eigenvalue weighted by Crippen LogP contribution is 2.25. The van der Waals surface area contributed by atoms with Crippen LogP contribution in [0, 0.1) is 19.8 Å². The van der Waals surface area contributed by atoms with E-state index in [-0.39, 0.29) is 5.91 Å².